The number of hydrogen-bond donors (Lipinski definition) is 0. The first kappa shape index (κ1) is 31.6. The van der Waals surface area contributed by atoms with Crippen LogP contribution in [0, 0.1) is 0 Å². The molecule has 0 N–H and O–H groups in total. The molecule has 0 saturated heterocycles. The van der Waals surface area contributed by atoms with Gasteiger partial charge in [0.25, 0.3) is 0 Å². The Bertz CT molecular complexity index is 425. The fourth-order valence-electron chi connectivity index (χ4n) is 3.78. The topological polar surface area (TPSA) is 61.8 Å². The molecule has 0 aliphatic rings. The van der Waals surface area contributed by atoms with Crippen molar-refractivity contribution in [2.45, 2.75) is 149 Å². The number of phosphoric ester groups is 1. The van der Waals surface area contributed by atoms with E-state index in [0.29, 0.717) is 13.2 Å². The van der Waals surface area contributed by atoms with E-state index in [0.717, 1.165) is 38.5 Å². The lowest BCUT2D eigenvalue weighted by atomic mass is 10.1. The molecule has 0 amide bonds. The summed E-state index contributed by atoms with van der Waals surface area (Å²) in [5.74, 6) is -0.625. The molecule has 0 heterocycles. The van der Waals surface area contributed by atoms with Gasteiger partial charge in [-0.2, -0.15) is 0 Å². The predicted octanol–water partition coefficient (Wildman–Crippen LogP) is 9.53. The molecule has 32 heavy (non-hydrogen) atoms. The number of carbonyl (C=O) groups is 1. The van der Waals surface area contributed by atoms with Crippen LogP contribution in [0.4, 0.5) is 0 Å². The third kappa shape index (κ3) is 22.8. The molecule has 192 valence electrons. The zero-order valence-corrected chi connectivity index (χ0v) is 22.4. The Balaban J connectivity index is 3.74. The lowest BCUT2D eigenvalue weighted by Gasteiger charge is -2.16. The summed E-state index contributed by atoms with van der Waals surface area (Å²) in [5.41, 5.74) is 0. The number of hydrogen-bond acceptors (Lipinski definition) is 5. The van der Waals surface area contributed by atoms with Crippen molar-refractivity contribution in [3.05, 3.63) is 0 Å². The van der Waals surface area contributed by atoms with Gasteiger partial charge in [-0.25, -0.2) is 4.57 Å². The van der Waals surface area contributed by atoms with Crippen molar-refractivity contribution in [1.29, 1.82) is 0 Å². The number of carbonyl (C=O) groups excluding carboxylic acids is 1. The summed E-state index contributed by atoms with van der Waals surface area (Å²) in [4.78, 5) is 11.3. The highest BCUT2D eigenvalue weighted by Crippen LogP contribution is 2.49. The number of phosphoric acid groups is 1. The molecule has 0 aliphatic carbocycles. The summed E-state index contributed by atoms with van der Waals surface area (Å²) in [5, 5.41) is 0. The third-order valence-corrected chi connectivity index (χ3v) is 7.21. The average Bonchev–Trinajstić information content (AvgIpc) is 2.75. The Morgan fingerprint density at radius 3 is 1.09 bits per heavy atom. The molecule has 0 atom stereocenters. The van der Waals surface area contributed by atoms with Crippen LogP contribution in [-0.2, 0) is 22.9 Å². The first-order valence-corrected chi connectivity index (χ1v) is 15.1. The van der Waals surface area contributed by atoms with Crippen molar-refractivity contribution < 1.29 is 22.9 Å². The fraction of sp³-hybridized carbons (Fsp3) is 0.962. The van der Waals surface area contributed by atoms with Crippen molar-refractivity contribution in [2.24, 2.45) is 0 Å². The second-order valence-electron chi connectivity index (χ2n) is 9.06. The van der Waals surface area contributed by atoms with Crippen LogP contribution in [0.5, 0.6) is 0 Å². The summed E-state index contributed by atoms with van der Waals surface area (Å²) in [6.07, 6.45) is 24.4. The van der Waals surface area contributed by atoms with Gasteiger partial charge >= 0.3 is 13.8 Å². The smallest absolute Gasteiger partial charge is 0.371 e. The Hall–Kier alpha value is -0.380. The van der Waals surface area contributed by atoms with Crippen molar-refractivity contribution >= 4 is 13.8 Å². The summed E-state index contributed by atoms with van der Waals surface area (Å²) in [7, 11) is -3.78. The second-order valence-corrected chi connectivity index (χ2v) is 10.7. The first-order valence-electron chi connectivity index (χ1n) is 13.6. The molecule has 0 aromatic heterocycles. The Morgan fingerprint density at radius 1 is 0.531 bits per heavy atom. The lowest BCUT2D eigenvalue weighted by molar-refractivity contribution is -0.133. The van der Waals surface area contributed by atoms with Crippen molar-refractivity contribution in [1.82, 2.24) is 0 Å². The van der Waals surface area contributed by atoms with Crippen LogP contribution in [0.15, 0.2) is 0 Å². The van der Waals surface area contributed by atoms with E-state index in [2.05, 4.69) is 13.8 Å². The summed E-state index contributed by atoms with van der Waals surface area (Å²) >= 11 is 0. The quantitative estimate of drug-likeness (QED) is 0.0969. The van der Waals surface area contributed by atoms with Crippen LogP contribution in [-0.4, -0.2) is 19.2 Å². The van der Waals surface area contributed by atoms with Crippen molar-refractivity contribution in [3.8, 4) is 0 Å². The van der Waals surface area contributed by atoms with E-state index in [1.165, 1.54) is 96.8 Å². The number of rotatable bonds is 25. The lowest BCUT2D eigenvalue weighted by Crippen LogP contribution is -2.06. The summed E-state index contributed by atoms with van der Waals surface area (Å²) in [6.45, 7) is 6.33. The normalized spacial score (nSPS) is 11.7. The molecular formula is C26H53O5P. The van der Waals surface area contributed by atoms with Gasteiger partial charge in [0.05, 0.1) is 13.2 Å². The maximum atomic E-state index is 12.7. The summed E-state index contributed by atoms with van der Waals surface area (Å²) in [6, 6.07) is 0. The summed E-state index contributed by atoms with van der Waals surface area (Å²) < 4.78 is 28.3. The highest BCUT2D eigenvalue weighted by molar-refractivity contribution is 7.49. The van der Waals surface area contributed by atoms with Crippen LogP contribution >= 0.6 is 7.82 Å². The minimum Gasteiger partial charge on any atom is -0.371 e. The van der Waals surface area contributed by atoms with Gasteiger partial charge in [-0.05, 0) is 12.8 Å². The Labute approximate surface area is 199 Å². The molecule has 0 aromatic carbocycles. The maximum Gasteiger partial charge on any atom is 0.532 e. The second kappa shape index (κ2) is 23.8. The standard InChI is InChI=1S/C26H53O5P/c1-4-6-8-10-12-14-16-18-20-22-24-29-32(28,31-26(3)27)30-25-23-21-19-17-15-13-11-9-7-5-2/h4-25H2,1-3H3. The Morgan fingerprint density at radius 2 is 0.812 bits per heavy atom. The van der Waals surface area contributed by atoms with E-state index >= 15 is 0 Å². The van der Waals surface area contributed by atoms with Crippen LogP contribution in [0.1, 0.15) is 149 Å². The molecule has 0 aromatic rings. The fourth-order valence-corrected chi connectivity index (χ4v) is 4.98. The molecular weight excluding hydrogens is 423 g/mol. The van der Waals surface area contributed by atoms with Gasteiger partial charge in [-0.1, -0.05) is 129 Å². The number of unbranched alkanes of at least 4 members (excludes halogenated alkanes) is 18. The molecule has 0 radical (unpaired) electrons. The third-order valence-electron chi connectivity index (χ3n) is 5.73. The highest BCUT2D eigenvalue weighted by atomic mass is 31.2. The molecule has 0 saturated carbocycles. The van der Waals surface area contributed by atoms with Crippen LogP contribution in [0.3, 0.4) is 0 Å². The monoisotopic (exact) mass is 476 g/mol. The molecule has 0 bridgehead atoms. The van der Waals surface area contributed by atoms with Gasteiger partial charge in [0.1, 0.15) is 0 Å². The molecule has 0 fully saturated rings. The zero-order chi connectivity index (χ0) is 23.8. The first-order chi connectivity index (χ1) is 15.5. The largest absolute Gasteiger partial charge is 0.532 e. The molecule has 0 unspecified atom stereocenters. The average molecular weight is 477 g/mol. The predicted molar refractivity (Wildman–Crippen MR) is 135 cm³/mol. The molecule has 6 heteroatoms. The van der Waals surface area contributed by atoms with E-state index in [1.807, 2.05) is 0 Å². The van der Waals surface area contributed by atoms with Gasteiger partial charge in [0.15, 0.2) is 0 Å². The highest BCUT2D eigenvalue weighted by Gasteiger charge is 2.29. The Kier molecular flexibility index (Phi) is 23.5. The van der Waals surface area contributed by atoms with E-state index < -0.39 is 13.8 Å². The van der Waals surface area contributed by atoms with Gasteiger partial charge in [-0.15, -0.1) is 0 Å². The zero-order valence-electron chi connectivity index (χ0n) is 21.5. The van der Waals surface area contributed by atoms with Crippen LogP contribution < -0.4 is 0 Å². The minimum atomic E-state index is -3.78. The van der Waals surface area contributed by atoms with E-state index in [1.54, 1.807) is 0 Å². The van der Waals surface area contributed by atoms with E-state index in [4.69, 9.17) is 13.6 Å². The van der Waals surface area contributed by atoms with Crippen molar-refractivity contribution in [3.63, 3.8) is 0 Å². The molecule has 5 nitrogen and oxygen atoms in total. The van der Waals surface area contributed by atoms with Gasteiger partial charge < -0.3 is 4.52 Å². The van der Waals surface area contributed by atoms with Gasteiger partial charge in [0.2, 0.25) is 0 Å². The van der Waals surface area contributed by atoms with Gasteiger partial charge in [-0.3, -0.25) is 13.8 Å². The van der Waals surface area contributed by atoms with E-state index in [9.17, 15) is 9.36 Å². The van der Waals surface area contributed by atoms with Crippen LogP contribution in [0.25, 0.3) is 0 Å². The van der Waals surface area contributed by atoms with E-state index in [-0.39, 0.29) is 0 Å². The maximum absolute atomic E-state index is 12.7. The van der Waals surface area contributed by atoms with Crippen molar-refractivity contribution in [2.75, 3.05) is 13.2 Å². The SMILES string of the molecule is CCCCCCCCCCCCOP(=O)(OCCCCCCCCCCCC)OC(C)=O. The molecule has 0 rings (SSSR count). The van der Waals surface area contributed by atoms with Gasteiger partial charge in [0, 0.05) is 6.92 Å². The molecule has 0 aliphatic heterocycles. The minimum absolute atomic E-state index is 0.305. The van der Waals surface area contributed by atoms with Crippen LogP contribution in [0.2, 0.25) is 0 Å². The molecule has 0 spiro atoms.